The van der Waals surface area contributed by atoms with E-state index in [-0.39, 0.29) is 0 Å². The first-order valence-electron chi connectivity index (χ1n) is 10.3. The fourth-order valence-corrected chi connectivity index (χ4v) is 4.31. The standard InChI is InChI=1S/C24H21BrO5/c25-19-13-18(22(26)16-6-7-20-21(12-16)28-11-10-27-20)23-17(8-9-29-23)24(19)30-14-15-4-2-1-3-5-15/h1-7,12-13,22,26H,8-11,14H2/i22D. The zero-order valence-corrected chi connectivity index (χ0v) is 17.8. The van der Waals surface area contributed by atoms with Crippen LogP contribution in [0.4, 0.5) is 0 Å². The number of rotatable bonds is 5. The Bertz CT molecular complexity index is 1120. The molecule has 3 aromatic carbocycles. The molecule has 0 fully saturated rings. The van der Waals surface area contributed by atoms with Gasteiger partial charge in [-0.15, -0.1) is 0 Å². The second-order valence-electron chi connectivity index (χ2n) is 7.12. The third-order valence-corrected chi connectivity index (χ3v) is 5.77. The molecule has 1 unspecified atom stereocenters. The molecule has 2 heterocycles. The number of benzene rings is 3. The number of fused-ring (bicyclic) bond motifs is 2. The molecule has 30 heavy (non-hydrogen) atoms. The number of aliphatic hydroxyl groups is 1. The predicted octanol–water partition coefficient (Wildman–Crippen LogP) is 4.82. The molecule has 1 N–H and O–H groups in total. The largest absolute Gasteiger partial charge is 0.492 e. The maximum absolute atomic E-state index is 11.3. The van der Waals surface area contributed by atoms with Crippen LogP contribution in [-0.2, 0) is 13.0 Å². The van der Waals surface area contributed by atoms with Crippen molar-refractivity contribution in [3.8, 4) is 23.0 Å². The van der Waals surface area contributed by atoms with Gasteiger partial charge in [0.15, 0.2) is 11.5 Å². The Kier molecular flexibility index (Phi) is 4.95. The molecule has 5 rings (SSSR count). The Hall–Kier alpha value is -2.70. The highest BCUT2D eigenvalue weighted by molar-refractivity contribution is 9.10. The molecule has 6 heteroatoms. The lowest BCUT2D eigenvalue weighted by Gasteiger charge is -2.22. The van der Waals surface area contributed by atoms with Crippen molar-refractivity contribution in [2.45, 2.75) is 19.1 Å². The molecule has 154 valence electrons. The highest BCUT2D eigenvalue weighted by atomic mass is 79.9. The highest BCUT2D eigenvalue weighted by Crippen LogP contribution is 2.46. The van der Waals surface area contributed by atoms with Gasteiger partial charge in [-0.1, -0.05) is 36.4 Å². The predicted molar refractivity (Wildman–Crippen MR) is 116 cm³/mol. The summed E-state index contributed by atoms with van der Waals surface area (Å²) < 4.78 is 32.6. The van der Waals surface area contributed by atoms with Gasteiger partial charge in [-0.2, -0.15) is 0 Å². The Morgan fingerprint density at radius 1 is 1.00 bits per heavy atom. The van der Waals surface area contributed by atoms with Gasteiger partial charge < -0.3 is 24.1 Å². The van der Waals surface area contributed by atoms with Gasteiger partial charge >= 0.3 is 0 Å². The molecule has 0 spiro atoms. The summed E-state index contributed by atoms with van der Waals surface area (Å²) in [6.07, 6.45) is -1.39. The summed E-state index contributed by atoms with van der Waals surface area (Å²) in [6.45, 7) is 1.80. The van der Waals surface area contributed by atoms with E-state index in [2.05, 4.69) is 15.9 Å². The van der Waals surface area contributed by atoms with E-state index >= 15 is 0 Å². The third kappa shape index (κ3) is 3.61. The fraction of sp³-hybridized carbons (Fsp3) is 0.250. The Labute approximate surface area is 184 Å². The van der Waals surface area contributed by atoms with E-state index in [4.69, 9.17) is 20.3 Å². The molecule has 2 aliphatic rings. The third-order valence-electron chi connectivity index (χ3n) is 5.18. The fourth-order valence-electron chi connectivity index (χ4n) is 3.72. The van der Waals surface area contributed by atoms with E-state index < -0.39 is 6.08 Å². The van der Waals surface area contributed by atoms with Gasteiger partial charge in [-0.25, -0.2) is 0 Å². The van der Waals surface area contributed by atoms with Crippen LogP contribution in [0.5, 0.6) is 23.0 Å². The molecule has 3 aromatic rings. The maximum atomic E-state index is 11.3. The average Bonchev–Trinajstić information content (AvgIpc) is 3.28. The minimum absolute atomic E-state index is 0.357. The van der Waals surface area contributed by atoms with Crippen molar-refractivity contribution in [2.24, 2.45) is 0 Å². The van der Waals surface area contributed by atoms with Crippen molar-refractivity contribution in [3.63, 3.8) is 0 Å². The average molecular weight is 470 g/mol. The van der Waals surface area contributed by atoms with Gasteiger partial charge in [0, 0.05) is 17.5 Å². The first kappa shape index (κ1) is 18.1. The number of halogens is 1. The number of hydrogen-bond donors (Lipinski definition) is 1. The lowest BCUT2D eigenvalue weighted by molar-refractivity contribution is 0.169. The molecular formula is C24H21BrO5. The number of ether oxygens (including phenoxy) is 4. The van der Waals surface area contributed by atoms with Gasteiger partial charge in [0.1, 0.15) is 37.4 Å². The summed E-state index contributed by atoms with van der Waals surface area (Å²) in [4.78, 5) is 0. The van der Waals surface area contributed by atoms with E-state index in [1.165, 1.54) is 0 Å². The van der Waals surface area contributed by atoms with Crippen LogP contribution in [0.2, 0.25) is 0 Å². The summed E-state index contributed by atoms with van der Waals surface area (Å²) in [5.41, 5.74) is 2.64. The summed E-state index contributed by atoms with van der Waals surface area (Å²) in [5, 5.41) is 11.3. The summed E-state index contributed by atoms with van der Waals surface area (Å²) in [7, 11) is 0. The van der Waals surface area contributed by atoms with Gasteiger partial charge in [0.2, 0.25) is 0 Å². The van der Waals surface area contributed by atoms with E-state index in [9.17, 15) is 5.11 Å². The van der Waals surface area contributed by atoms with Crippen LogP contribution < -0.4 is 18.9 Å². The molecule has 0 saturated heterocycles. The molecule has 0 radical (unpaired) electrons. The SMILES string of the molecule is [2H]C(O)(c1ccc2c(c1)OCCO2)c1cc(Br)c(OCc2ccccc2)c2c1OCC2. The van der Waals surface area contributed by atoms with Crippen LogP contribution in [0, 0.1) is 0 Å². The zero-order valence-electron chi connectivity index (χ0n) is 17.2. The topological polar surface area (TPSA) is 57.2 Å². The molecule has 0 saturated carbocycles. The van der Waals surface area contributed by atoms with E-state index in [0.717, 1.165) is 11.1 Å². The molecule has 5 nitrogen and oxygen atoms in total. The lowest BCUT2D eigenvalue weighted by Crippen LogP contribution is -2.15. The van der Waals surface area contributed by atoms with E-state index in [0.29, 0.717) is 71.4 Å². The summed E-state index contributed by atoms with van der Waals surface area (Å²) in [6, 6.07) is 16.7. The Balaban J connectivity index is 1.51. The monoisotopic (exact) mass is 469 g/mol. The van der Waals surface area contributed by atoms with Gasteiger partial charge in [-0.05, 0) is 45.3 Å². The minimum Gasteiger partial charge on any atom is -0.492 e. The second kappa shape index (κ2) is 8.20. The van der Waals surface area contributed by atoms with E-state index in [1.807, 2.05) is 30.3 Å². The quantitative estimate of drug-likeness (QED) is 0.580. The molecule has 0 bridgehead atoms. The van der Waals surface area contributed by atoms with Crippen molar-refractivity contribution in [3.05, 3.63) is 81.3 Å². The maximum Gasteiger partial charge on any atom is 0.161 e. The second-order valence-corrected chi connectivity index (χ2v) is 7.98. The normalized spacial score (nSPS) is 16.8. The van der Waals surface area contributed by atoms with Crippen LogP contribution in [0.3, 0.4) is 0 Å². The minimum atomic E-state index is -2.04. The summed E-state index contributed by atoms with van der Waals surface area (Å²) >= 11 is 3.58. The van der Waals surface area contributed by atoms with Crippen LogP contribution in [0.25, 0.3) is 0 Å². The highest BCUT2D eigenvalue weighted by Gasteiger charge is 2.28. The lowest BCUT2D eigenvalue weighted by atomic mass is 9.97. The van der Waals surface area contributed by atoms with Gasteiger partial charge in [0.25, 0.3) is 0 Å². The van der Waals surface area contributed by atoms with Crippen LogP contribution in [0.15, 0.2) is 59.1 Å². The first-order chi connectivity index (χ1) is 15.0. The molecule has 0 aliphatic carbocycles. The van der Waals surface area contributed by atoms with Crippen molar-refractivity contribution in [2.75, 3.05) is 19.8 Å². The Morgan fingerprint density at radius 3 is 2.63 bits per heavy atom. The van der Waals surface area contributed by atoms with Crippen LogP contribution in [0.1, 0.15) is 29.7 Å². The molecule has 0 amide bonds. The molecule has 1 atom stereocenters. The van der Waals surface area contributed by atoms with Crippen molar-refractivity contribution in [1.29, 1.82) is 0 Å². The van der Waals surface area contributed by atoms with Gasteiger partial charge in [0.05, 0.1) is 12.5 Å². The van der Waals surface area contributed by atoms with Crippen molar-refractivity contribution >= 4 is 15.9 Å². The van der Waals surface area contributed by atoms with E-state index in [1.54, 1.807) is 24.3 Å². The number of hydrogen-bond acceptors (Lipinski definition) is 5. The van der Waals surface area contributed by atoms with Crippen molar-refractivity contribution < 1.29 is 25.4 Å². The first-order valence-corrected chi connectivity index (χ1v) is 10.6. The molecule has 0 aromatic heterocycles. The van der Waals surface area contributed by atoms with Crippen molar-refractivity contribution in [1.82, 2.24) is 0 Å². The molecular weight excluding hydrogens is 448 g/mol. The smallest absolute Gasteiger partial charge is 0.161 e. The zero-order chi connectivity index (χ0) is 21.4. The van der Waals surface area contributed by atoms with Crippen LogP contribution in [-0.4, -0.2) is 24.9 Å². The summed E-state index contributed by atoms with van der Waals surface area (Å²) in [5.74, 6) is 2.31. The van der Waals surface area contributed by atoms with Crippen LogP contribution >= 0.6 is 15.9 Å². The Morgan fingerprint density at radius 2 is 1.80 bits per heavy atom. The van der Waals surface area contributed by atoms with Gasteiger partial charge in [-0.3, -0.25) is 0 Å². The molecule has 2 aliphatic heterocycles.